The summed E-state index contributed by atoms with van der Waals surface area (Å²) in [4.78, 5) is 4.47. The van der Waals surface area contributed by atoms with E-state index in [1.165, 1.54) is 11.1 Å². The van der Waals surface area contributed by atoms with Crippen molar-refractivity contribution in [1.29, 1.82) is 0 Å². The van der Waals surface area contributed by atoms with Gasteiger partial charge in [-0.1, -0.05) is 36.3 Å². The normalized spacial score (nSPS) is 14.9. The van der Waals surface area contributed by atoms with Crippen LogP contribution < -0.4 is 5.32 Å². The van der Waals surface area contributed by atoms with Gasteiger partial charge in [-0.25, -0.2) is 0 Å². The van der Waals surface area contributed by atoms with E-state index in [2.05, 4.69) is 46.6 Å². The highest BCUT2D eigenvalue weighted by molar-refractivity contribution is 5.34. The summed E-state index contributed by atoms with van der Waals surface area (Å²) in [5.41, 5.74) is 2.82. The first-order chi connectivity index (χ1) is 8.86. The minimum atomic E-state index is 0.352. The van der Waals surface area contributed by atoms with Crippen molar-refractivity contribution in [2.75, 3.05) is 6.54 Å². The molecular weight excluding hydrogens is 226 g/mol. The molecule has 0 spiro atoms. The van der Waals surface area contributed by atoms with Crippen molar-refractivity contribution in [2.24, 2.45) is 0 Å². The number of nitrogens with one attached hydrogen (secondary N) is 1. The van der Waals surface area contributed by atoms with Crippen molar-refractivity contribution in [3.63, 3.8) is 0 Å². The van der Waals surface area contributed by atoms with Gasteiger partial charge in [0.15, 0.2) is 5.82 Å². The lowest BCUT2D eigenvalue weighted by molar-refractivity contribution is 0.351. The Labute approximate surface area is 106 Å². The Hall–Kier alpha value is -1.68. The summed E-state index contributed by atoms with van der Waals surface area (Å²) >= 11 is 0. The van der Waals surface area contributed by atoms with Crippen LogP contribution in [0.15, 0.2) is 28.8 Å². The fourth-order valence-corrected chi connectivity index (χ4v) is 2.48. The molecule has 1 aliphatic carbocycles. The maximum atomic E-state index is 5.38. The Morgan fingerprint density at radius 2 is 2.00 bits per heavy atom. The van der Waals surface area contributed by atoms with Gasteiger partial charge in [-0.05, 0) is 30.5 Å². The fourth-order valence-electron chi connectivity index (χ4n) is 2.48. The zero-order valence-corrected chi connectivity index (χ0v) is 10.5. The summed E-state index contributed by atoms with van der Waals surface area (Å²) in [5.74, 6) is 1.88. The van der Waals surface area contributed by atoms with Crippen LogP contribution in [0, 0.1) is 0 Å². The van der Waals surface area contributed by atoms with Gasteiger partial charge in [-0.3, -0.25) is 0 Å². The van der Waals surface area contributed by atoms with Gasteiger partial charge in [0.25, 0.3) is 0 Å². The summed E-state index contributed by atoms with van der Waals surface area (Å²) in [6, 6.07) is 8.55. The molecule has 0 atom stereocenters. The summed E-state index contributed by atoms with van der Waals surface area (Å²) in [6.07, 6.45) is 2.03. The Bertz CT molecular complexity index is 510. The Morgan fingerprint density at radius 1 is 1.28 bits per heavy atom. The first-order valence-electron chi connectivity index (χ1n) is 6.46. The van der Waals surface area contributed by atoms with E-state index < -0.39 is 0 Å². The monoisotopic (exact) mass is 243 g/mol. The van der Waals surface area contributed by atoms with Crippen molar-refractivity contribution in [3.05, 3.63) is 47.1 Å². The molecule has 0 bridgehead atoms. The molecule has 3 rings (SSSR count). The molecule has 0 amide bonds. The number of rotatable bonds is 4. The van der Waals surface area contributed by atoms with Crippen LogP contribution in [-0.4, -0.2) is 16.7 Å². The highest BCUT2D eigenvalue weighted by Gasteiger charge is 2.26. The molecule has 4 heteroatoms. The van der Waals surface area contributed by atoms with Gasteiger partial charge in [-0.15, -0.1) is 0 Å². The van der Waals surface area contributed by atoms with Gasteiger partial charge in [-0.2, -0.15) is 4.98 Å². The molecule has 1 aliphatic rings. The number of hydrogen-bond acceptors (Lipinski definition) is 4. The van der Waals surface area contributed by atoms with Gasteiger partial charge in [0.05, 0.1) is 6.54 Å². The SMILES string of the molecule is CCNCc1noc(C2Cc3ccccc3C2)n1. The summed E-state index contributed by atoms with van der Waals surface area (Å²) in [6.45, 7) is 3.66. The minimum Gasteiger partial charge on any atom is -0.339 e. The summed E-state index contributed by atoms with van der Waals surface area (Å²) in [7, 11) is 0. The zero-order valence-electron chi connectivity index (χ0n) is 10.5. The number of fused-ring (bicyclic) bond motifs is 1. The predicted octanol–water partition coefficient (Wildman–Crippen LogP) is 2.06. The molecule has 1 aromatic heterocycles. The molecule has 0 unspecified atom stereocenters. The van der Waals surface area contributed by atoms with Crippen LogP contribution >= 0.6 is 0 Å². The lowest BCUT2D eigenvalue weighted by Crippen LogP contribution is -2.13. The van der Waals surface area contributed by atoms with E-state index in [0.717, 1.165) is 31.1 Å². The van der Waals surface area contributed by atoms with Gasteiger partial charge in [0, 0.05) is 5.92 Å². The minimum absolute atomic E-state index is 0.352. The standard InChI is InChI=1S/C14H17N3O/c1-2-15-9-13-16-14(18-17-13)12-7-10-5-3-4-6-11(10)8-12/h3-6,12,15H,2,7-9H2,1H3. The largest absolute Gasteiger partial charge is 0.339 e. The molecule has 1 aromatic carbocycles. The number of nitrogens with zero attached hydrogens (tertiary/aromatic N) is 2. The summed E-state index contributed by atoms with van der Waals surface area (Å²) < 4.78 is 5.38. The van der Waals surface area contributed by atoms with Crippen molar-refractivity contribution in [1.82, 2.24) is 15.5 Å². The van der Waals surface area contributed by atoms with E-state index in [9.17, 15) is 0 Å². The molecule has 0 fully saturated rings. The van der Waals surface area contributed by atoms with E-state index in [4.69, 9.17) is 4.52 Å². The molecular formula is C14H17N3O. The third-order valence-electron chi connectivity index (χ3n) is 3.42. The van der Waals surface area contributed by atoms with E-state index >= 15 is 0 Å². The van der Waals surface area contributed by atoms with Gasteiger partial charge in [0.1, 0.15) is 0 Å². The van der Waals surface area contributed by atoms with Crippen LogP contribution in [0.1, 0.15) is 35.7 Å². The molecule has 1 heterocycles. The maximum Gasteiger partial charge on any atom is 0.230 e. The second-order valence-electron chi connectivity index (χ2n) is 4.70. The molecule has 4 nitrogen and oxygen atoms in total. The van der Waals surface area contributed by atoms with E-state index in [-0.39, 0.29) is 0 Å². The molecule has 0 radical (unpaired) electrons. The quantitative estimate of drug-likeness (QED) is 0.893. The fraction of sp³-hybridized carbons (Fsp3) is 0.429. The highest BCUT2D eigenvalue weighted by atomic mass is 16.5. The second-order valence-corrected chi connectivity index (χ2v) is 4.70. The van der Waals surface area contributed by atoms with Gasteiger partial charge >= 0.3 is 0 Å². The highest BCUT2D eigenvalue weighted by Crippen LogP contribution is 2.32. The van der Waals surface area contributed by atoms with Crippen molar-refractivity contribution in [3.8, 4) is 0 Å². The van der Waals surface area contributed by atoms with Crippen LogP contribution in [-0.2, 0) is 19.4 Å². The second kappa shape index (κ2) is 4.90. The first kappa shape index (κ1) is 11.4. The number of benzene rings is 1. The average Bonchev–Trinajstić information content (AvgIpc) is 3.02. The van der Waals surface area contributed by atoms with E-state index in [0.29, 0.717) is 12.5 Å². The van der Waals surface area contributed by atoms with Crippen LogP contribution in [0.2, 0.25) is 0 Å². The van der Waals surface area contributed by atoms with Crippen LogP contribution in [0.4, 0.5) is 0 Å². The third kappa shape index (κ3) is 2.16. The molecule has 2 aromatic rings. The van der Waals surface area contributed by atoms with Crippen molar-refractivity contribution in [2.45, 2.75) is 32.2 Å². The number of aromatic nitrogens is 2. The third-order valence-corrected chi connectivity index (χ3v) is 3.42. The number of hydrogen-bond donors (Lipinski definition) is 1. The molecule has 0 saturated carbocycles. The lowest BCUT2D eigenvalue weighted by atomic mass is 10.1. The average molecular weight is 243 g/mol. The van der Waals surface area contributed by atoms with Crippen molar-refractivity contribution < 1.29 is 4.52 Å². The van der Waals surface area contributed by atoms with E-state index in [1.807, 2.05) is 0 Å². The van der Waals surface area contributed by atoms with Crippen LogP contribution in [0.25, 0.3) is 0 Å². The smallest absolute Gasteiger partial charge is 0.230 e. The molecule has 94 valence electrons. The lowest BCUT2D eigenvalue weighted by Gasteiger charge is -2.00. The van der Waals surface area contributed by atoms with Crippen LogP contribution in [0.5, 0.6) is 0 Å². The van der Waals surface area contributed by atoms with Crippen LogP contribution in [0.3, 0.4) is 0 Å². The van der Waals surface area contributed by atoms with E-state index in [1.54, 1.807) is 0 Å². The van der Waals surface area contributed by atoms with Gasteiger partial charge in [0.2, 0.25) is 5.89 Å². The molecule has 0 saturated heterocycles. The van der Waals surface area contributed by atoms with Gasteiger partial charge < -0.3 is 9.84 Å². The molecule has 0 aliphatic heterocycles. The molecule has 18 heavy (non-hydrogen) atoms. The Kier molecular flexibility index (Phi) is 3.11. The predicted molar refractivity (Wildman–Crippen MR) is 68.3 cm³/mol. The Balaban J connectivity index is 1.72. The van der Waals surface area contributed by atoms with Crippen molar-refractivity contribution >= 4 is 0 Å². The molecule has 1 N–H and O–H groups in total. The topological polar surface area (TPSA) is 51.0 Å². The maximum absolute atomic E-state index is 5.38. The summed E-state index contributed by atoms with van der Waals surface area (Å²) in [5, 5.41) is 7.21. The zero-order chi connectivity index (χ0) is 12.4. The Morgan fingerprint density at radius 3 is 2.67 bits per heavy atom. The first-order valence-corrected chi connectivity index (χ1v) is 6.46.